The summed E-state index contributed by atoms with van der Waals surface area (Å²) >= 11 is 0. The third-order valence-electron chi connectivity index (χ3n) is 4.90. The Labute approximate surface area is 118 Å². The minimum atomic E-state index is 0.232. The molecule has 3 unspecified atom stereocenters. The zero-order valence-corrected chi connectivity index (χ0v) is 12.7. The molecule has 0 spiro atoms. The van der Waals surface area contributed by atoms with E-state index in [2.05, 4.69) is 45.0 Å². The molecule has 0 aliphatic heterocycles. The van der Waals surface area contributed by atoms with Gasteiger partial charge in [0.15, 0.2) is 0 Å². The zero-order valence-electron chi connectivity index (χ0n) is 12.7. The monoisotopic (exact) mass is 259 g/mol. The molecule has 1 heteroatoms. The van der Waals surface area contributed by atoms with Gasteiger partial charge in [0.25, 0.3) is 0 Å². The second-order valence-electron chi connectivity index (χ2n) is 6.55. The second kappa shape index (κ2) is 6.56. The van der Waals surface area contributed by atoms with Crippen molar-refractivity contribution in [3.63, 3.8) is 0 Å². The van der Waals surface area contributed by atoms with E-state index in [0.717, 1.165) is 5.92 Å². The van der Waals surface area contributed by atoms with Crippen LogP contribution < -0.4 is 5.73 Å². The van der Waals surface area contributed by atoms with E-state index in [1.54, 1.807) is 0 Å². The minimum absolute atomic E-state index is 0.232. The normalized spacial score (nSPS) is 25.5. The summed E-state index contributed by atoms with van der Waals surface area (Å²) in [5, 5.41) is 0. The van der Waals surface area contributed by atoms with Crippen molar-refractivity contribution in [2.24, 2.45) is 17.6 Å². The molecule has 1 aromatic rings. The lowest BCUT2D eigenvalue weighted by Gasteiger charge is -2.32. The molecule has 19 heavy (non-hydrogen) atoms. The number of hydrogen-bond acceptors (Lipinski definition) is 1. The van der Waals surface area contributed by atoms with Gasteiger partial charge < -0.3 is 5.73 Å². The topological polar surface area (TPSA) is 26.0 Å². The molecule has 2 rings (SSSR count). The van der Waals surface area contributed by atoms with Crippen molar-refractivity contribution < 1.29 is 0 Å². The summed E-state index contributed by atoms with van der Waals surface area (Å²) in [4.78, 5) is 0. The molecule has 3 atom stereocenters. The van der Waals surface area contributed by atoms with Gasteiger partial charge in [0, 0.05) is 6.04 Å². The smallest absolute Gasteiger partial charge is 0.0323 e. The van der Waals surface area contributed by atoms with Gasteiger partial charge in [-0.25, -0.2) is 0 Å². The van der Waals surface area contributed by atoms with E-state index >= 15 is 0 Å². The van der Waals surface area contributed by atoms with Crippen molar-refractivity contribution in [3.8, 4) is 0 Å². The molecule has 2 N–H and O–H groups in total. The van der Waals surface area contributed by atoms with Crippen molar-refractivity contribution >= 4 is 0 Å². The molecule has 0 radical (unpaired) electrons. The van der Waals surface area contributed by atoms with Crippen molar-refractivity contribution in [2.45, 2.75) is 64.8 Å². The average molecular weight is 259 g/mol. The van der Waals surface area contributed by atoms with E-state index < -0.39 is 0 Å². The van der Waals surface area contributed by atoms with Gasteiger partial charge in [0.05, 0.1) is 0 Å². The van der Waals surface area contributed by atoms with Crippen molar-refractivity contribution in [2.75, 3.05) is 0 Å². The Kier molecular flexibility index (Phi) is 5.04. The molecule has 1 aromatic carbocycles. The van der Waals surface area contributed by atoms with Gasteiger partial charge >= 0.3 is 0 Å². The Hall–Kier alpha value is -0.820. The Morgan fingerprint density at radius 2 is 1.74 bits per heavy atom. The lowest BCUT2D eigenvalue weighted by molar-refractivity contribution is 0.230. The molecular weight excluding hydrogens is 230 g/mol. The third-order valence-corrected chi connectivity index (χ3v) is 4.90. The summed E-state index contributed by atoms with van der Waals surface area (Å²) in [6, 6.07) is 9.22. The first kappa shape index (κ1) is 14.6. The Bertz CT molecular complexity index is 379. The summed E-state index contributed by atoms with van der Waals surface area (Å²) in [7, 11) is 0. The number of nitrogens with two attached hydrogens (primary N) is 1. The maximum absolute atomic E-state index is 6.51. The molecule has 0 aromatic heterocycles. The fourth-order valence-electron chi connectivity index (χ4n) is 3.40. The van der Waals surface area contributed by atoms with E-state index in [9.17, 15) is 0 Å². The van der Waals surface area contributed by atoms with Crippen LogP contribution in [0.2, 0.25) is 0 Å². The predicted octanol–water partition coefficient (Wildman–Crippen LogP) is 5.03. The van der Waals surface area contributed by atoms with Crippen molar-refractivity contribution in [3.05, 3.63) is 35.4 Å². The maximum atomic E-state index is 6.51. The molecule has 1 nitrogen and oxygen atoms in total. The van der Waals surface area contributed by atoms with E-state index in [1.165, 1.54) is 43.2 Å². The molecular formula is C18H29N. The highest BCUT2D eigenvalue weighted by molar-refractivity contribution is 5.27. The van der Waals surface area contributed by atoms with Gasteiger partial charge in [0.1, 0.15) is 0 Å². The SMILES string of the molecule is CCC1CCCC(C(N)c2ccc(C(C)C)cc2)C1. The van der Waals surface area contributed by atoms with Gasteiger partial charge in [-0.2, -0.15) is 0 Å². The highest BCUT2D eigenvalue weighted by Gasteiger charge is 2.26. The van der Waals surface area contributed by atoms with Crippen LogP contribution in [0.3, 0.4) is 0 Å². The first-order chi connectivity index (χ1) is 9.11. The largest absolute Gasteiger partial charge is 0.324 e. The quantitative estimate of drug-likeness (QED) is 0.806. The van der Waals surface area contributed by atoms with Crippen LogP contribution in [0.4, 0.5) is 0 Å². The summed E-state index contributed by atoms with van der Waals surface area (Å²) in [6.45, 7) is 6.79. The van der Waals surface area contributed by atoms with Gasteiger partial charge in [0.2, 0.25) is 0 Å². The first-order valence-electron chi connectivity index (χ1n) is 7.97. The van der Waals surface area contributed by atoms with E-state index in [4.69, 9.17) is 5.73 Å². The molecule has 106 valence electrons. The molecule has 0 amide bonds. The fourth-order valence-corrected chi connectivity index (χ4v) is 3.40. The van der Waals surface area contributed by atoms with Crippen molar-refractivity contribution in [1.82, 2.24) is 0 Å². The van der Waals surface area contributed by atoms with Crippen LogP contribution in [-0.2, 0) is 0 Å². The average Bonchev–Trinajstić information content (AvgIpc) is 2.46. The lowest BCUT2D eigenvalue weighted by atomic mass is 9.75. The molecule has 1 fully saturated rings. The summed E-state index contributed by atoms with van der Waals surface area (Å²) < 4.78 is 0. The second-order valence-corrected chi connectivity index (χ2v) is 6.55. The van der Waals surface area contributed by atoms with Gasteiger partial charge in [-0.3, -0.25) is 0 Å². The van der Waals surface area contributed by atoms with Gasteiger partial charge in [-0.1, -0.05) is 64.3 Å². The van der Waals surface area contributed by atoms with Gasteiger partial charge in [-0.15, -0.1) is 0 Å². The van der Waals surface area contributed by atoms with Crippen LogP contribution in [-0.4, -0.2) is 0 Å². The van der Waals surface area contributed by atoms with Crippen LogP contribution in [0.5, 0.6) is 0 Å². The molecule has 1 aliphatic rings. The van der Waals surface area contributed by atoms with Crippen LogP contribution >= 0.6 is 0 Å². The summed E-state index contributed by atoms with van der Waals surface area (Å²) in [5.74, 6) is 2.19. The minimum Gasteiger partial charge on any atom is -0.324 e. The third kappa shape index (κ3) is 3.60. The number of rotatable bonds is 4. The van der Waals surface area contributed by atoms with Crippen LogP contribution in [0.15, 0.2) is 24.3 Å². The first-order valence-corrected chi connectivity index (χ1v) is 7.97. The summed E-state index contributed by atoms with van der Waals surface area (Å²) in [5.41, 5.74) is 9.25. The van der Waals surface area contributed by atoms with Crippen LogP contribution in [0.1, 0.15) is 76.0 Å². The van der Waals surface area contributed by atoms with Gasteiger partial charge in [-0.05, 0) is 41.7 Å². The highest BCUT2D eigenvalue weighted by Crippen LogP contribution is 2.37. The number of hydrogen-bond donors (Lipinski definition) is 1. The van der Waals surface area contributed by atoms with E-state index in [-0.39, 0.29) is 6.04 Å². The van der Waals surface area contributed by atoms with Crippen LogP contribution in [0.25, 0.3) is 0 Å². The lowest BCUT2D eigenvalue weighted by Crippen LogP contribution is -2.26. The predicted molar refractivity (Wildman–Crippen MR) is 83.2 cm³/mol. The molecule has 1 aliphatic carbocycles. The molecule has 0 saturated heterocycles. The standard InChI is InChI=1S/C18H29N/c1-4-14-6-5-7-17(12-14)18(19)16-10-8-15(9-11-16)13(2)3/h8-11,13-14,17-18H,4-7,12,19H2,1-3H3. The molecule has 0 bridgehead atoms. The fraction of sp³-hybridized carbons (Fsp3) is 0.667. The Balaban J connectivity index is 2.04. The number of benzene rings is 1. The molecule has 1 saturated carbocycles. The Morgan fingerprint density at radius 1 is 1.11 bits per heavy atom. The highest BCUT2D eigenvalue weighted by atomic mass is 14.7. The van der Waals surface area contributed by atoms with E-state index in [0.29, 0.717) is 11.8 Å². The maximum Gasteiger partial charge on any atom is 0.0323 e. The summed E-state index contributed by atoms with van der Waals surface area (Å²) in [6.07, 6.45) is 6.72. The zero-order chi connectivity index (χ0) is 13.8. The van der Waals surface area contributed by atoms with E-state index in [1.807, 2.05) is 0 Å². The Morgan fingerprint density at radius 3 is 2.32 bits per heavy atom. The van der Waals surface area contributed by atoms with Crippen LogP contribution in [0, 0.1) is 11.8 Å². The van der Waals surface area contributed by atoms with Crippen molar-refractivity contribution in [1.29, 1.82) is 0 Å². The molecule has 0 heterocycles.